The third kappa shape index (κ3) is 1.97. The molecule has 2 N–H and O–H groups in total. The molecular weight excluding hydrogens is 256 g/mol. The van der Waals surface area contributed by atoms with Gasteiger partial charge in [-0.25, -0.2) is 4.98 Å². The van der Waals surface area contributed by atoms with Gasteiger partial charge in [-0.1, -0.05) is 18.2 Å². The van der Waals surface area contributed by atoms with Crippen LogP contribution in [0.2, 0.25) is 0 Å². The van der Waals surface area contributed by atoms with Crippen LogP contribution < -0.4 is 16.4 Å². The van der Waals surface area contributed by atoms with E-state index in [2.05, 4.69) is 15.3 Å². The fourth-order valence-electron chi connectivity index (χ4n) is 2.06. The molecule has 20 heavy (non-hydrogen) atoms. The minimum Gasteiger partial charge on any atom is -0.355 e. The number of H-pyrrole nitrogens is 1. The molecule has 0 aliphatic heterocycles. The van der Waals surface area contributed by atoms with E-state index in [1.807, 2.05) is 30.3 Å². The maximum atomic E-state index is 12.0. The smallest absolute Gasteiger partial charge is 0.262 e. The molecule has 0 aliphatic rings. The first-order valence-electron chi connectivity index (χ1n) is 6.06. The second kappa shape index (κ2) is 4.65. The van der Waals surface area contributed by atoms with E-state index in [0.717, 1.165) is 5.69 Å². The molecule has 6 heteroatoms. The minimum atomic E-state index is -0.288. The number of para-hydroxylation sites is 1. The summed E-state index contributed by atoms with van der Waals surface area (Å²) in [6.07, 6.45) is 1.29. The summed E-state index contributed by atoms with van der Waals surface area (Å²) < 4.78 is 1.35. The number of pyridine rings is 1. The van der Waals surface area contributed by atoms with Crippen molar-refractivity contribution in [2.75, 3.05) is 5.32 Å². The Labute approximate surface area is 113 Å². The van der Waals surface area contributed by atoms with Gasteiger partial charge in [0.2, 0.25) is 0 Å². The molecule has 0 amide bonds. The molecule has 0 spiro atoms. The summed E-state index contributed by atoms with van der Waals surface area (Å²) in [4.78, 5) is 30.5. The van der Waals surface area contributed by atoms with Crippen molar-refractivity contribution in [1.82, 2.24) is 14.5 Å². The fraction of sp³-hybridized carbons (Fsp3) is 0.0714. The zero-order valence-corrected chi connectivity index (χ0v) is 10.8. The van der Waals surface area contributed by atoms with Gasteiger partial charge in [0.05, 0.1) is 12.0 Å². The molecule has 0 unspecified atom stereocenters. The Bertz CT molecular complexity index is 881. The predicted molar refractivity (Wildman–Crippen MR) is 77.3 cm³/mol. The van der Waals surface area contributed by atoms with Crippen LogP contribution in [0.5, 0.6) is 0 Å². The number of aromatic amines is 1. The van der Waals surface area contributed by atoms with Gasteiger partial charge < -0.3 is 10.3 Å². The van der Waals surface area contributed by atoms with E-state index in [1.165, 1.54) is 17.0 Å². The van der Waals surface area contributed by atoms with Gasteiger partial charge in [-0.2, -0.15) is 0 Å². The molecule has 0 radical (unpaired) electrons. The Balaban J connectivity index is 2.28. The number of anilines is 2. The van der Waals surface area contributed by atoms with Crippen molar-refractivity contribution >= 4 is 22.4 Å². The molecule has 0 bridgehead atoms. The maximum Gasteiger partial charge on any atom is 0.262 e. The largest absolute Gasteiger partial charge is 0.355 e. The van der Waals surface area contributed by atoms with E-state index < -0.39 is 0 Å². The molecule has 0 saturated heterocycles. The van der Waals surface area contributed by atoms with Crippen molar-refractivity contribution in [2.45, 2.75) is 0 Å². The first kappa shape index (κ1) is 12.2. The van der Waals surface area contributed by atoms with Gasteiger partial charge in [0.25, 0.3) is 11.1 Å². The lowest BCUT2D eigenvalue weighted by Crippen LogP contribution is -2.21. The highest BCUT2D eigenvalue weighted by Crippen LogP contribution is 2.20. The highest BCUT2D eigenvalue weighted by atomic mass is 16.1. The number of aromatic nitrogens is 3. The van der Waals surface area contributed by atoms with Gasteiger partial charge in [-0.05, 0) is 12.1 Å². The number of hydrogen-bond donors (Lipinski definition) is 2. The molecule has 0 aliphatic carbocycles. The van der Waals surface area contributed by atoms with Gasteiger partial charge in [-0.3, -0.25) is 14.2 Å². The first-order chi connectivity index (χ1) is 9.66. The van der Waals surface area contributed by atoms with E-state index in [-0.39, 0.29) is 11.1 Å². The molecule has 2 heterocycles. The molecule has 3 rings (SSSR count). The van der Waals surface area contributed by atoms with Crippen LogP contribution in [0.1, 0.15) is 0 Å². The van der Waals surface area contributed by atoms with E-state index >= 15 is 0 Å². The Morgan fingerprint density at radius 1 is 1.20 bits per heavy atom. The lowest BCUT2D eigenvalue weighted by molar-refractivity contribution is 0.882. The van der Waals surface area contributed by atoms with Crippen LogP contribution in [0.3, 0.4) is 0 Å². The summed E-state index contributed by atoms with van der Waals surface area (Å²) >= 11 is 0. The summed E-state index contributed by atoms with van der Waals surface area (Å²) in [5, 5.41) is 3.44. The number of fused-ring (bicyclic) bond motifs is 1. The molecule has 1 aromatic carbocycles. The molecular formula is C14H12N4O2. The van der Waals surface area contributed by atoms with Crippen molar-refractivity contribution < 1.29 is 0 Å². The molecule has 0 fully saturated rings. The lowest BCUT2D eigenvalue weighted by atomic mass is 10.2. The zero-order valence-electron chi connectivity index (χ0n) is 10.8. The van der Waals surface area contributed by atoms with E-state index in [0.29, 0.717) is 16.7 Å². The number of nitrogens with zero attached hydrogens (tertiary/aromatic N) is 2. The minimum absolute atomic E-state index is 0.228. The third-order valence-electron chi connectivity index (χ3n) is 3.07. The molecule has 0 atom stereocenters. The molecule has 6 nitrogen and oxygen atoms in total. The van der Waals surface area contributed by atoms with Crippen LogP contribution in [0, 0.1) is 0 Å². The van der Waals surface area contributed by atoms with Crippen molar-refractivity contribution in [3.8, 4) is 0 Å². The van der Waals surface area contributed by atoms with E-state index in [9.17, 15) is 9.59 Å². The highest BCUT2D eigenvalue weighted by Gasteiger charge is 2.11. The van der Waals surface area contributed by atoms with Gasteiger partial charge >= 0.3 is 0 Å². The summed E-state index contributed by atoms with van der Waals surface area (Å²) in [6.45, 7) is 0. The average Bonchev–Trinajstić information content (AvgIpc) is 2.45. The standard InChI is InChI=1S/C14H12N4O2/c1-18-11(19)7-10(17-9-5-3-2-4-6-9)12-13(18)15-8-16-14(12)20/h2-8,17H,1H3,(H,15,16,20). The van der Waals surface area contributed by atoms with Crippen molar-refractivity contribution in [3.63, 3.8) is 0 Å². The highest BCUT2D eigenvalue weighted by molar-refractivity contribution is 5.90. The summed E-state index contributed by atoms with van der Waals surface area (Å²) in [5.74, 6) is 0. The second-order valence-electron chi connectivity index (χ2n) is 4.38. The van der Waals surface area contributed by atoms with Crippen molar-refractivity contribution in [3.05, 3.63) is 63.4 Å². The lowest BCUT2D eigenvalue weighted by Gasteiger charge is -2.10. The Morgan fingerprint density at radius 2 is 1.95 bits per heavy atom. The number of nitrogens with one attached hydrogen (secondary N) is 2. The van der Waals surface area contributed by atoms with Crippen LogP contribution in [0.25, 0.3) is 11.0 Å². The SMILES string of the molecule is Cn1c(=O)cc(Nc2ccccc2)c2c(=O)[nH]cnc21. The first-order valence-corrected chi connectivity index (χ1v) is 6.06. The quantitative estimate of drug-likeness (QED) is 0.735. The normalized spacial score (nSPS) is 10.7. The Hall–Kier alpha value is -2.89. The van der Waals surface area contributed by atoms with Gasteiger partial charge in [0.1, 0.15) is 5.39 Å². The number of hydrogen-bond acceptors (Lipinski definition) is 4. The van der Waals surface area contributed by atoms with E-state index in [4.69, 9.17) is 0 Å². The van der Waals surface area contributed by atoms with Gasteiger partial charge in [0, 0.05) is 18.8 Å². The van der Waals surface area contributed by atoms with Gasteiger partial charge in [0.15, 0.2) is 5.65 Å². The monoisotopic (exact) mass is 268 g/mol. The van der Waals surface area contributed by atoms with Crippen LogP contribution in [0.4, 0.5) is 11.4 Å². The third-order valence-corrected chi connectivity index (χ3v) is 3.07. The fourth-order valence-corrected chi connectivity index (χ4v) is 2.06. The van der Waals surface area contributed by atoms with Crippen molar-refractivity contribution in [2.24, 2.45) is 7.05 Å². The number of benzene rings is 1. The maximum absolute atomic E-state index is 12.0. The summed E-state index contributed by atoms with van der Waals surface area (Å²) in [6, 6.07) is 10.7. The van der Waals surface area contributed by atoms with Crippen LogP contribution >= 0.6 is 0 Å². The zero-order chi connectivity index (χ0) is 14.1. The van der Waals surface area contributed by atoms with Crippen LogP contribution in [0.15, 0.2) is 52.3 Å². The number of aryl methyl sites for hydroxylation is 1. The summed E-state index contributed by atoms with van der Waals surface area (Å²) in [7, 11) is 1.59. The average molecular weight is 268 g/mol. The molecule has 2 aromatic heterocycles. The Morgan fingerprint density at radius 3 is 2.70 bits per heavy atom. The predicted octanol–water partition coefficient (Wildman–Crippen LogP) is 1.37. The second-order valence-corrected chi connectivity index (χ2v) is 4.38. The summed E-state index contributed by atoms with van der Waals surface area (Å²) in [5.41, 5.74) is 1.08. The van der Waals surface area contributed by atoms with Crippen LogP contribution in [-0.2, 0) is 7.05 Å². The topological polar surface area (TPSA) is 79.8 Å². The molecule has 3 aromatic rings. The van der Waals surface area contributed by atoms with E-state index in [1.54, 1.807) is 7.05 Å². The number of rotatable bonds is 2. The Kier molecular flexibility index (Phi) is 2.83. The van der Waals surface area contributed by atoms with Crippen LogP contribution in [-0.4, -0.2) is 14.5 Å². The van der Waals surface area contributed by atoms with Crippen molar-refractivity contribution in [1.29, 1.82) is 0 Å². The molecule has 100 valence electrons. The van der Waals surface area contributed by atoms with Gasteiger partial charge in [-0.15, -0.1) is 0 Å². The molecule has 0 saturated carbocycles.